The van der Waals surface area contributed by atoms with Gasteiger partial charge in [0.1, 0.15) is 0 Å². The number of hydrogen-bond acceptors (Lipinski definition) is 2. The van der Waals surface area contributed by atoms with E-state index in [9.17, 15) is 4.79 Å². The van der Waals surface area contributed by atoms with Crippen molar-refractivity contribution in [2.24, 2.45) is 0 Å². The summed E-state index contributed by atoms with van der Waals surface area (Å²) in [5.41, 5.74) is 7.31. The number of hydrogen-bond donors (Lipinski definition) is 1. The van der Waals surface area contributed by atoms with E-state index in [1.54, 1.807) is 0 Å². The van der Waals surface area contributed by atoms with E-state index in [0.29, 0.717) is 12.8 Å². The van der Waals surface area contributed by atoms with Gasteiger partial charge < -0.3 is 5.73 Å². The first-order valence-electron chi connectivity index (χ1n) is 3.71. The first-order valence-corrected chi connectivity index (χ1v) is 4.09. The Balaban J connectivity index is 2.57. The van der Waals surface area contributed by atoms with Gasteiger partial charge >= 0.3 is 0 Å². The Labute approximate surface area is 76.3 Å². The Hall–Kier alpha value is -1.02. The number of carbonyl (C=O) groups excluding carboxylic acids is 1. The highest BCUT2D eigenvalue weighted by molar-refractivity contribution is 6.63. The molecule has 2 N–H and O–H groups in total. The molecular formula is C9H10ClNO. The van der Waals surface area contributed by atoms with Gasteiger partial charge in [0, 0.05) is 12.1 Å². The molecule has 1 aromatic rings. The second-order valence-corrected chi connectivity index (χ2v) is 3.02. The van der Waals surface area contributed by atoms with Crippen LogP contribution in [-0.4, -0.2) is 5.24 Å². The van der Waals surface area contributed by atoms with Crippen molar-refractivity contribution in [3.63, 3.8) is 0 Å². The highest BCUT2D eigenvalue weighted by Crippen LogP contribution is 2.09. The molecule has 0 radical (unpaired) electrons. The lowest BCUT2D eigenvalue weighted by Gasteiger charge is -1.98. The van der Waals surface area contributed by atoms with Crippen molar-refractivity contribution in [3.05, 3.63) is 29.8 Å². The van der Waals surface area contributed by atoms with Crippen LogP contribution >= 0.6 is 11.6 Å². The summed E-state index contributed by atoms with van der Waals surface area (Å²) in [5.74, 6) is 0. The van der Waals surface area contributed by atoms with Gasteiger partial charge in [-0.15, -0.1) is 0 Å². The van der Waals surface area contributed by atoms with Crippen LogP contribution in [0, 0.1) is 0 Å². The number of halogens is 1. The summed E-state index contributed by atoms with van der Waals surface area (Å²) >= 11 is 5.20. The van der Waals surface area contributed by atoms with Crippen LogP contribution < -0.4 is 5.73 Å². The number of benzene rings is 1. The Morgan fingerprint density at radius 3 is 2.83 bits per heavy atom. The van der Waals surface area contributed by atoms with Crippen LogP contribution in [-0.2, 0) is 11.2 Å². The maximum atomic E-state index is 10.4. The molecular weight excluding hydrogens is 174 g/mol. The Morgan fingerprint density at radius 1 is 1.50 bits per heavy atom. The molecule has 64 valence electrons. The molecule has 0 aliphatic heterocycles. The fraction of sp³-hybridized carbons (Fsp3) is 0.222. The molecule has 0 amide bonds. The zero-order valence-corrected chi connectivity index (χ0v) is 7.34. The Bertz CT molecular complexity index is 286. The van der Waals surface area contributed by atoms with Gasteiger partial charge in [0.25, 0.3) is 0 Å². The number of nitrogens with two attached hydrogens (primary N) is 1. The summed E-state index contributed by atoms with van der Waals surface area (Å²) < 4.78 is 0. The molecule has 1 rings (SSSR count). The minimum atomic E-state index is -0.308. The van der Waals surface area contributed by atoms with E-state index < -0.39 is 0 Å². The molecule has 1 aromatic carbocycles. The molecule has 12 heavy (non-hydrogen) atoms. The molecule has 0 unspecified atom stereocenters. The first kappa shape index (κ1) is 9.07. The predicted molar refractivity (Wildman–Crippen MR) is 50.0 cm³/mol. The molecule has 0 atom stereocenters. The molecule has 0 saturated carbocycles. The quantitative estimate of drug-likeness (QED) is 0.575. The van der Waals surface area contributed by atoms with Gasteiger partial charge in [-0.3, -0.25) is 4.79 Å². The zero-order chi connectivity index (χ0) is 8.97. The van der Waals surface area contributed by atoms with E-state index in [2.05, 4.69) is 0 Å². The second-order valence-electron chi connectivity index (χ2n) is 2.60. The van der Waals surface area contributed by atoms with Crippen molar-refractivity contribution >= 4 is 22.5 Å². The third kappa shape index (κ3) is 2.93. The summed E-state index contributed by atoms with van der Waals surface area (Å²) in [4.78, 5) is 10.4. The van der Waals surface area contributed by atoms with Gasteiger partial charge in [-0.2, -0.15) is 0 Å². The van der Waals surface area contributed by atoms with Crippen LogP contribution in [0.3, 0.4) is 0 Å². The summed E-state index contributed by atoms with van der Waals surface area (Å²) in [6, 6.07) is 7.45. The normalized spacial score (nSPS) is 9.75. The number of rotatable bonds is 3. The largest absolute Gasteiger partial charge is 0.399 e. The van der Waals surface area contributed by atoms with E-state index in [-0.39, 0.29) is 5.24 Å². The molecule has 0 aliphatic rings. The highest BCUT2D eigenvalue weighted by atomic mass is 35.5. The van der Waals surface area contributed by atoms with Crippen molar-refractivity contribution in [1.82, 2.24) is 0 Å². The average molecular weight is 184 g/mol. The molecule has 0 aliphatic carbocycles. The van der Waals surface area contributed by atoms with Crippen LogP contribution in [0.25, 0.3) is 0 Å². The van der Waals surface area contributed by atoms with Gasteiger partial charge in [-0.1, -0.05) is 12.1 Å². The predicted octanol–water partition coefficient (Wildman–Crippen LogP) is 1.97. The summed E-state index contributed by atoms with van der Waals surface area (Å²) in [6.07, 6.45) is 1.03. The second kappa shape index (κ2) is 4.12. The number of anilines is 1. The fourth-order valence-electron chi connectivity index (χ4n) is 0.991. The van der Waals surface area contributed by atoms with E-state index >= 15 is 0 Å². The third-order valence-electron chi connectivity index (χ3n) is 1.56. The van der Waals surface area contributed by atoms with Crippen molar-refractivity contribution in [1.29, 1.82) is 0 Å². The average Bonchev–Trinajstić information content (AvgIpc) is 2.01. The summed E-state index contributed by atoms with van der Waals surface area (Å²) in [5, 5.41) is -0.308. The monoisotopic (exact) mass is 183 g/mol. The number of aryl methyl sites for hydroxylation is 1. The van der Waals surface area contributed by atoms with Gasteiger partial charge in [0.2, 0.25) is 5.24 Å². The number of nitrogen functional groups attached to an aromatic ring is 1. The van der Waals surface area contributed by atoms with Crippen LogP contribution in [0.2, 0.25) is 0 Å². The SMILES string of the molecule is Nc1cccc(CCC(=O)Cl)c1. The van der Waals surface area contributed by atoms with Crippen molar-refractivity contribution in [2.45, 2.75) is 12.8 Å². The third-order valence-corrected chi connectivity index (χ3v) is 1.75. The van der Waals surface area contributed by atoms with E-state index in [1.165, 1.54) is 0 Å². The van der Waals surface area contributed by atoms with Crippen LogP contribution in [0.1, 0.15) is 12.0 Å². The maximum absolute atomic E-state index is 10.4. The molecule has 0 spiro atoms. The highest BCUT2D eigenvalue weighted by Gasteiger charge is 1.97. The first-order chi connectivity index (χ1) is 5.68. The van der Waals surface area contributed by atoms with Crippen molar-refractivity contribution in [3.8, 4) is 0 Å². The fourth-order valence-corrected chi connectivity index (χ4v) is 1.09. The van der Waals surface area contributed by atoms with Crippen LogP contribution in [0.4, 0.5) is 5.69 Å². The minimum Gasteiger partial charge on any atom is -0.399 e. The molecule has 0 heterocycles. The maximum Gasteiger partial charge on any atom is 0.221 e. The lowest BCUT2D eigenvalue weighted by Crippen LogP contribution is -1.92. The Kier molecular flexibility index (Phi) is 3.11. The van der Waals surface area contributed by atoms with Gasteiger partial charge in [-0.05, 0) is 35.7 Å². The molecule has 2 nitrogen and oxygen atoms in total. The molecule has 0 aromatic heterocycles. The molecule has 0 saturated heterocycles. The summed E-state index contributed by atoms with van der Waals surface area (Å²) in [6.45, 7) is 0. The lowest BCUT2D eigenvalue weighted by atomic mass is 10.1. The van der Waals surface area contributed by atoms with Crippen LogP contribution in [0.5, 0.6) is 0 Å². The van der Waals surface area contributed by atoms with Gasteiger partial charge in [-0.25, -0.2) is 0 Å². The molecule has 0 bridgehead atoms. The van der Waals surface area contributed by atoms with Gasteiger partial charge in [0.15, 0.2) is 0 Å². The number of carbonyl (C=O) groups is 1. The zero-order valence-electron chi connectivity index (χ0n) is 6.59. The Morgan fingerprint density at radius 2 is 2.25 bits per heavy atom. The smallest absolute Gasteiger partial charge is 0.221 e. The van der Waals surface area contributed by atoms with Gasteiger partial charge in [0.05, 0.1) is 0 Å². The minimum absolute atomic E-state index is 0.308. The molecule has 0 fully saturated rings. The van der Waals surface area contributed by atoms with E-state index in [0.717, 1.165) is 11.3 Å². The summed E-state index contributed by atoms with van der Waals surface area (Å²) in [7, 11) is 0. The van der Waals surface area contributed by atoms with Crippen molar-refractivity contribution in [2.75, 3.05) is 5.73 Å². The van der Waals surface area contributed by atoms with Crippen LogP contribution in [0.15, 0.2) is 24.3 Å². The van der Waals surface area contributed by atoms with E-state index in [1.807, 2.05) is 24.3 Å². The topological polar surface area (TPSA) is 43.1 Å². The molecule has 3 heteroatoms. The van der Waals surface area contributed by atoms with Crippen molar-refractivity contribution < 1.29 is 4.79 Å². The lowest BCUT2D eigenvalue weighted by molar-refractivity contribution is -0.111. The van der Waals surface area contributed by atoms with E-state index in [4.69, 9.17) is 17.3 Å². The standard InChI is InChI=1S/C9H10ClNO/c10-9(12)5-4-7-2-1-3-8(11)6-7/h1-3,6H,4-5,11H2.